The molecule has 1 aromatic heterocycles. The first kappa shape index (κ1) is 15.8. The lowest BCUT2D eigenvalue weighted by molar-refractivity contribution is 0.0967. The predicted octanol–water partition coefficient (Wildman–Crippen LogP) is 4.38. The standard InChI is InChI=1S/C19H16FNO3/c1-12-15(20)4-3-5-16(12)21(2)19(23)18-11-10-17(24-18)13-6-8-14(22)9-7-13/h3-11,22H,1-2H3. The summed E-state index contributed by atoms with van der Waals surface area (Å²) in [5, 5.41) is 9.32. The molecule has 1 heterocycles. The lowest BCUT2D eigenvalue weighted by Gasteiger charge is -2.18. The summed E-state index contributed by atoms with van der Waals surface area (Å²) in [5.74, 6) is 0.0972. The van der Waals surface area contributed by atoms with E-state index in [9.17, 15) is 14.3 Å². The molecule has 3 aromatic rings. The van der Waals surface area contributed by atoms with E-state index in [1.54, 1.807) is 62.5 Å². The molecule has 3 rings (SSSR count). The Morgan fingerprint density at radius 1 is 1.08 bits per heavy atom. The Balaban J connectivity index is 1.88. The minimum Gasteiger partial charge on any atom is -0.508 e. The van der Waals surface area contributed by atoms with Gasteiger partial charge in [-0.15, -0.1) is 0 Å². The Labute approximate surface area is 138 Å². The third-order valence-corrected chi connectivity index (χ3v) is 3.87. The van der Waals surface area contributed by atoms with Gasteiger partial charge in [0.1, 0.15) is 17.3 Å². The molecule has 0 radical (unpaired) electrons. The largest absolute Gasteiger partial charge is 0.508 e. The number of hydrogen-bond donors (Lipinski definition) is 1. The summed E-state index contributed by atoms with van der Waals surface area (Å²) in [5.41, 5.74) is 1.64. The van der Waals surface area contributed by atoms with E-state index in [-0.39, 0.29) is 23.2 Å². The van der Waals surface area contributed by atoms with Crippen molar-refractivity contribution < 1.29 is 18.7 Å². The number of hydrogen-bond acceptors (Lipinski definition) is 3. The third-order valence-electron chi connectivity index (χ3n) is 3.87. The normalized spacial score (nSPS) is 10.6. The highest BCUT2D eigenvalue weighted by Crippen LogP contribution is 2.27. The van der Waals surface area contributed by atoms with Gasteiger partial charge in [0.05, 0.1) is 0 Å². The van der Waals surface area contributed by atoms with Gasteiger partial charge in [-0.2, -0.15) is 0 Å². The van der Waals surface area contributed by atoms with Crippen LogP contribution in [0.5, 0.6) is 5.75 Å². The molecule has 2 aromatic carbocycles. The molecular weight excluding hydrogens is 309 g/mol. The van der Waals surface area contributed by atoms with Gasteiger partial charge in [0.25, 0.3) is 5.91 Å². The first-order valence-corrected chi connectivity index (χ1v) is 7.40. The van der Waals surface area contributed by atoms with Crippen molar-refractivity contribution in [3.05, 3.63) is 71.7 Å². The van der Waals surface area contributed by atoms with Gasteiger partial charge in [0.2, 0.25) is 0 Å². The van der Waals surface area contributed by atoms with E-state index in [2.05, 4.69) is 0 Å². The number of aromatic hydroxyl groups is 1. The van der Waals surface area contributed by atoms with Gasteiger partial charge >= 0.3 is 0 Å². The van der Waals surface area contributed by atoms with Gasteiger partial charge in [0.15, 0.2) is 5.76 Å². The van der Waals surface area contributed by atoms with E-state index in [1.807, 2.05) is 0 Å². The highest BCUT2D eigenvalue weighted by molar-refractivity contribution is 6.04. The number of phenols is 1. The van der Waals surface area contributed by atoms with E-state index in [1.165, 1.54) is 11.0 Å². The molecule has 24 heavy (non-hydrogen) atoms. The van der Waals surface area contributed by atoms with E-state index in [0.717, 1.165) is 5.56 Å². The summed E-state index contributed by atoms with van der Waals surface area (Å²) in [6.07, 6.45) is 0. The van der Waals surface area contributed by atoms with Gasteiger partial charge in [-0.05, 0) is 55.5 Å². The van der Waals surface area contributed by atoms with Crippen LogP contribution in [0.2, 0.25) is 0 Å². The molecule has 1 amide bonds. The van der Waals surface area contributed by atoms with Crippen LogP contribution in [-0.2, 0) is 0 Å². The topological polar surface area (TPSA) is 53.7 Å². The lowest BCUT2D eigenvalue weighted by Crippen LogP contribution is -2.26. The molecule has 0 bridgehead atoms. The predicted molar refractivity (Wildman–Crippen MR) is 89.7 cm³/mol. The van der Waals surface area contributed by atoms with Crippen molar-refractivity contribution in [2.24, 2.45) is 0 Å². The Kier molecular flexibility index (Phi) is 4.08. The molecule has 0 aliphatic heterocycles. The van der Waals surface area contributed by atoms with Crippen LogP contribution in [0.3, 0.4) is 0 Å². The second-order valence-electron chi connectivity index (χ2n) is 5.46. The molecule has 0 spiro atoms. The Morgan fingerprint density at radius 3 is 2.50 bits per heavy atom. The summed E-state index contributed by atoms with van der Waals surface area (Å²) >= 11 is 0. The number of nitrogens with zero attached hydrogens (tertiary/aromatic N) is 1. The maximum absolute atomic E-state index is 13.7. The summed E-state index contributed by atoms with van der Waals surface area (Å²) < 4.78 is 19.3. The second kappa shape index (κ2) is 6.20. The average Bonchev–Trinajstić information content (AvgIpc) is 3.06. The number of phenolic OH excluding ortho intramolecular Hbond substituents is 1. The van der Waals surface area contributed by atoms with E-state index >= 15 is 0 Å². The molecule has 0 unspecified atom stereocenters. The molecule has 0 saturated carbocycles. The van der Waals surface area contributed by atoms with Crippen LogP contribution in [0.4, 0.5) is 10.1 Å². The second-order valence-corrected chi connectivity index (χ2v) is 5.46. The fourth-order valence-corrected chi connectivity index (χ4v) is 2.47. The van der Waals surface area contributed by atoms with Crippen LogP contribution in [0, 0.1) is 12.7 Å². The SMILES string of the molecule is Cc1c(F)cccc1N(C)C(=O)c1ccc(-c2ccc(O)cc2)o1. The molecular formula is C19H16FNO3. The summed E-state index contributed by atoms with van der Waals surface area (Å²) in [7, 11) is 1.58. The number of carbonyl (C=O) groups is 1. The van der Waals surface area contributed by atoms with Crippen LogP contribution >= 0.6 is 0 Å². The smallest absolute Gasteiger partial charge is 0.293 e. The quantitative estimate of drug-likeness (QED) is 0.777. The molecule has 0 atom stereocenters. The average molecular weight is 325 g/mol. The Hall–Kier alpha value is -3.08. The van der Waals surface area contributed by atoms with Crippen LogP contribution in [-0.4, -0.2) is 18.1 Å². The van der Waals surface area contributed by atoms with Crippen LogP contribution in [0.1, 0.15) is 16.1 Å². The molecule has 122 valence electrons. The molecule has 1 N–H and O–H groups in total. The maximum atomic E-state index is 13.7. The van der Waals surface area contributed by atoms with Crippen LogP contribution in [0.25, 0.3) is 11.3 Å². The number of rotatable bonds is 3. The maximum Gasteiger partial charge on any atom is 0.293 e. The van der Waals surface area contributed by atoms with Crippen molar-refractivity contribution >= 4 is 11.6 Å². The first-order chi connectivity index (χ1) is 11.5. The number of halogens is 1. The highest BCUT2D eigenvalue weighted by atomic mass is 19.1. The van der Waals surface area contributed by atoms with Crippen molar-refractivity contribution in [2.75, 3.05) is 11.9 Å². The zero-order valence-corrected chi connectivity index (χ0v) is 13.3. The molecule has 0 saturated heterocycles. The van der Waals surface area contributed by atoms with Crippen molar-refractivity contribution in [3.63, 3.8) is 0 Å². The monoisotopic (exact) mass is 325 g/mol. The number of benzene rings is 2. The number of furan rings is 1. The molecule has 0 aliphatic carbocycles. The van der Waals surface area contributed by atoms with E-state index in [4.69, 9.17) is 4.42 Å². The fourth-order valence-electron chi connectivity index (χ4n) is 2.47. The minimum atomic E-state index is -0.367. The number of anilines is 1. The van der Waals surface area contributed by atoms with Crippen LogP contribution < -0.4 is 4.90 Å². The van der Waals surface area contributed by atoms with E-state index in [0.29, 0.717) is 17.0 Å². The summed E-state index contributed by atoms with van der Waals surface area (Å²) in [6.45, 7) is 1.62. The summed E-state index contributed by atoms with van der Waals surface area (Å²) in [4.78, 5) is 13.9. The zero-order chi connectivity index (χ0) is 17.3. The van der Waals surface area contributed by atoms with Gasteiger partial charge < -0.3 is 14.4 Å². The number of carbonyl (C=O) groups excluding carboxylic acids is 1. The molecule has 0 aliphatic rings. The van der Waals surface area contributed by atoms with Gasteiger partial charge in [-0.1, -0.05) is 6.07 Å². The Morgan fingerprint density at radius 2 is 1.79 bits per heavy atom. The zero-order valence-electron chi connectivity index (χ0n) is 13.3. The van der Waals surface area contributed by atoms with Crippen molar-refractivity contribution in [1.29, 1.82) is 0 Å². The lowest BCUT2D eigenvalue weighted by atomic mass is 10.1. The first-order valence-electron chi connectivity index (χ1n) is 7.40. The highest BCUT2D eigenvalue weighted by Gasteiger charge is 2.20. The Bertz CT molecular complexity index is 884. The number of amides is 1. The van der Waals surface area contributed by atoms with Gasteiger partial charge in [0, 0.05) is 23.9 Å². The van der Waals surface area contributed by atoms with Crippen LogP contribution in [0.15, 0.2) is 59.0 Å². The summed E-state index contributed by atoms with van der Waals surface area (Å²) in [6, 6.07) is 14.3. The minimum absolute atomic E-state index is 0.155. The van der Waals surface area contributed by atoms with Gasteiger partial charge in [-0.3, -0.25) is 4.79 Å². The molecule has 0 fully saturated rings. The third kappa shape index (κ3) is 2.88. The fraction of sp³-hybridized carbons (Fsp3) is 0.105. The van der Waals surface area contributed by atoms with Crippen molar-refractivity contribution in [3.8, 4) is 17.1 Å². The molecule has 4 nitrogen and oxygen atoms in total. The van der Waals surface area contributed by atoms with Crippen molar-refractivity contribution in [2.45, 2.75) is 6.92 Å². The molecule has 5 heteroatoms. The van der Waals surface area contributed by atoms with Gasteiger partial charge in [-0.25, -0.2) is 4.39 Å². The van der Waals surface area contributed by atoms with Crippen molar-refractivity contribution in [1.82, 2.24) is 0 Å². The van der Waals surface area contributed by atoms with E-state index < -0.39 is 0 Å².